The van der Waals surface area contributed by atoms with Crippen LogP contribution in [0.25, 0.3) is 11.2 Å². The standard InChI is InChI=1S/C25H42N6O3/c1-4-7-9-17-30-20(12-13-21(32)26-18-19(6-3)29-14-10-11-15-29)27-23-22(30)24(33)28-25(34)31(23)16-8-5-2/h19H,4-18H2,1-3H3,(H,26,32)(H,28,33,34). The van der Waals surface area contributed by atoms with Gasteiger partial charge in [0.15, 0.2) is 11.2 Å². The summed E-state index contributed by atoms with van der Waals surface area (Å²) in [6, 6.07) is 0.386. The molecular weight excluding hydrogens is 432 g/mol. The van der Waals surface area contributed by atoms with E-state index in [2.05, 4.69) is 36.0 Å². The Morgan fingerprint density at radius 3 is 2.41 bits per heavy atom. The predicted molar refractivity (Wildman–Crippen MR) is 135 cm³/mol. The fourth-order valence-electron chi connectivity index (χ4n) is 4.88. The molecular formula is C25H42N6O3. The molecule has 9 nitrogen and oxygen atoms in total. The van der Waals surface area contributed by atoms with Crippen molar-refractivity contribution in [3.05, 3.63) is 26.7 Å². The van der Waals surface area contributed by atoms with Gasteiger partial charge in [-0.25, -0.2) is 9.78 Å². The Morgan fingerprint density at radius 2 is 1.74 bits per heavy atom. The molecule has 1 amide bonds. The van der Waals surface area contributed by atoms with Gasteiger partial charge >= 0.3 is 5.69 Å². The number of aromatic nitrogens is 4. The largest absolute Gasteiger partial charge is 0.355 e. The summed E-state index contributed by atoms with van der Waals surface area (Å²) in [5.41, 5.74) is 0.0707. The fraction of sp³-hybridized carbons (Fsp3) is 0.760. The first kappa shape index (κ1) is 26.2. The Morgan fingerprint density at radius 1 is 1.03 bits per heavy atom. The third-order valence-corrected chi connectivity index (χ3v) is 6.92. The Bertz CT molecular complexity index is 1050. The van der Waals surface area contributed by atoms with Gasteiger partial charge in [-0.15, -0.1) is 0 Å². The molecule has 1 saturated heterocycles. The van der Waals surface area contributed by atoms with E-state index >= 15 is 0 Å². The zero-order valence-corrected chi connectivity index (χ0v) is 21.2. The molecule has 2 aromatic heterocycles. The van der Waals surface area contributed by atoms with Crippen LogP contribution in [0.15, 0.2) is 9.59 Å². The van der Waals surface area contributed by atoms with Crippen molar-refractivity contribution in [1.82, 2.24) is 29.3 Å². The first-order chi connectivity index (χ1) is 16.5. The van der Waals surface area contributed by atoms with E-state index in [0.717, 1.165) is 51.6 Å². The van der Waals surface area contributed by atoms with Gasteiger partial charge in [0.25, 0.3) is 5.56 Å². The number of nitrogens with zero attached hydrogens (tertiary/aromatic N) is 4. The van der Waals surface area contributed by atoms with Gasteiger partial charge in [0.2, 0.25) is 5.91 Å². The number of H-pyrrole nitrogens is 1. The highest BCUT2D eigenvalue weighted by molar-refractivity contribution is 5.76. The summed E-state index contributed by atoms with van der Waals surface area (Å²) in [4.78, 5) is 47.6. The highest BCUT2D eigenvalue weighted by Gasteiger charge is 2.22. The Kier molecular flexibility index (Phi) is 9.92. The minimum atomic E-state index is -0.416. The predicted octanol–water partition coefficient (Wildman–Crippen LogP) is 2.80. The molecule has 0 spiro atoms. The molecule has 1 fully saturated rings. The van der Waals surface area contributed by atoms with Crippen LogP contribution in [-0.4, -0.2) is 55.6 Å². The zero-order valence-electron chi connectivity index (χ0n) is 21.2. The van der Waals surface area contributed by atoms with Crippen LogP contribution in [0, 0.1) is 0 Å². The molecule has 3 rings (SSSR count). The second-order valence-electron chi connectivity index (χ2n) is 9.43. The molecule has 1 atom stereocenters. The average molecular weight is 475 g/mol. The molecule has 9 heteroatoms. The van der Waals surface area contributed by atoms with Crippen LogP contribution in [0.3, 0.4) is 0 Å². The van der Waals surface area contributed by atoms with Crippen molar-refractivity contribution in [3.63, 3.8) is 0 Å². The number of nitrogens with one attached hydrogen (secondary N) is 2. The molecule has 1 aliphatic rings. The second kappa shape index (κ2) is 12.9. The van der Waals surface area contributed by atoms with Crippen LogP contribution in [0.5, 0.6) is 0 Å². The lowest BCUT2D eigenvalue weighted by atomic mass is 10.2. The number of aryl methyl sites for hydroxylation is 3. The minimum absolute atomic E-state index is 0.00194. The molecule has 190 valence electrons. The van der Waals surface area contributed by atoms with Crippen molar-refractivity contribution in [1.29, 1.82) is 0 Å². The maximum atomic E-state index is 12.8. The Hall–Kier alpha value is -2.42. The van der Waals surface area contributed by atoms with Gasteiger partial charge in [-0.05, 0) is 45.2 Å². The lowest BCUT2D eigenvalue weighted by molar-refractivity contribution is -0.121. The molecule has 3 heterocycles. The monoisotopic (exact) mass is 474 g/mol. The normalized spacial score (nSPS) is 15.3. The Labute approximate surface area is 201 Å². The summed E-state index contributed by atoms with van der Waals surface area (Å²) in [5.74, 6) is 0.705. The summed E-state index contributed by atoms with van der Waals surface area (Å²) in [6.07, 6.45) is 9.04. The van der Waals surface area contributed by atoms with Crippen LogP contribution in [0.4, 0.5) is 0 Å². The van der Waals surface area contributed by atoms with Crippen molar-refractivity contribution in [3.8, 4) is 0 Å². The van der Waals surface area contributed by atoms with E-state index in [-0.39, 0.29) is 5.91 Å². The molecule has 2 aromatic rings. The van der Waals surface area contributed by atoms with Gasteiger partial charge in [-0.3, -0.25) is 24.0 Å². The number of unbranched alkanes of at least 4 members (excludes halogenated alkanes) is 3. The van der Waals surface area contributed by atoms with Crippen LogP contribution in [-0.2, 0) is 24.3 Å². The lowest BCUT2D eigenvalue weighted by Crippen LogP contribution is -2.42. The number of carbonyl (C=O) groups excluding carboxylic acids is 1. The van der Waals surface area contributed by atoms with Crippen molar-refractivity contribution in [2.24, 2.45) is 0 Å². The summed E-state index contributed by atoms with van der Waals surface area (Å²) in [7, 11) is 0. The number of aromatic amines is 1. The topological polar surface area (TPSA) is 105 Å². The van der Waals surface area contributed by atoms with Crippen LogP contribution in [0.1, 0.15) is 84.4 Å². The summed E-state index contributed by atoms with van der Waals surface area (Å²) in [6.45, 7) is 10.4. The third-order valence-electron chi connectivity index (χ3n) is 6.92. The van der Waals surface area contributed by atoms with E-state index in [4.69, 9.17) is 4.98 Å². The van der Waals surface area contributed by atoms with Gasteiger partial charge in [-0.2, -0.15) is 0 Å². The molecule has 0 aliphatic carbocycles. The number of amides is 1. The summed E-state index contributed by atoms with van der Waals surface area (Å²) in [5, 5.41) is 3.11. The number of fused-ring (bicyclic) bond motifs is 1. The van der Waals surface area contributed by atoms with Gasteiger partial charge in [-0.1, -0.05) is 40.0 Å². The third kappa shape index (κ3) is 6.37. The number of rotatable bonds is 14. The van der Waals surface area contributed by atoms with E-state index < -0.39 is 11.2 Å². The smallest absolute Gasteiger partial charge is 0.330 e. The Balaban J connectivity index is 1.77. The minimum Gasteiger partial charge on any atom is -0.355 e. The summed E-state index contributed by atoms with van der Waals surface area (Å²) < 4.78 is 3.50. The molecule has 0 bridgehead atoms. The molecule has 2 N–H and O–H groups in total. The van der Waals surface area contributed by atoms with E-state index in [1.165, 1.54) is 12.8 Å². The SMILES string of the molecule is CCCCCn1c(CCC(=O)NCC(CC)N2CCCC2)nc2c1c(=O)[nH]c(=O)n2CCCC. The second-order valence-corrected chi connectivity index (χ2v) is 9.43. The number of likely N-dealkylation sites (tertiary alicyclic amines) is 1. The van der Waals surface area contributed by atoms with Gasteiger partial charge in [0, 0.05) is 38.5 Å². The van der Waals surface area contributed by atoms with E-state index in [1.807, 2.05) is 4.57 Å². The molecule has 34 heavy (non-hydrogen) atoms. The molecule has 0 saturated carbocycles. The summed E-state index contributed by atoms with van der Waals surface area (Å²) >= 11 is 0. The van der Waals surface area contributed by atoms with Gasteiger partial charge in [0.1, 0.15) is 5.82 Å². The molecule has 1 aliphatic heterocycles. The van der Waals surface area contributed by atoms with Crippen molar-refractivity contribution in [2.75, 3.05) is 19.6 Å². The average Bonchev–Trinajstić information content (AvgIpc) is 3.47. The maximum absolute atomic E-state index is 12.8. The highest BCUT2D eigenvalue weighted by atomic mass is 16.2. The van der Waals surface area contributed by atoms with E-state index in [9.17, 15) is 14.4 Å². The number of hydrogen-bond donors (Lipinski definition) is 2. The van der Waals surface area contributed by atoms with Crippen molar-refractivity contribution in [2.45, 2.75) is 104 Å². The van der Waals surface area contributed by atoms with Crippen LogP contribution < -0.4 is 16.6 Å². The van der Waals surface area contributed by atoms with Crippen molar-refractivity contribution < 1.29 is 4.79 Å². The number of imidazole rings is 1. The van der Waals surface area contributed by atoms with E-state index in [1.54, 1.807) is 4.57 Å². The first-order valence-electron chi connectivity index (χ1n) is 13.2. The quantitative estimate of drug-likeness (QED) is 0.410. The highest BCUT2D eigenvalue weighted by Crippen LogP contribution is 2.16. The fourth-order valence-corrected chi connectivity index (χ4v) is 4.88. The number of carbonyl (C=O) groups is 1. The first-order valence-corrected chi connectivity index (χ1v) is 13.2. The molecule has 1 unspecified atom stereocenters. The van der Waals surface area contributed by atoms with Gasteiger partial charge in [0.05, 0.1) is 0 Å². The molecule has 0 aromatic carbocycles. The molecule has 0 radical (unpaired) electrons. The number of hydrogen-bond acceptors (Lipinski definition) is 5. The van der Waals surface area contributed by atoms with Crippen LogP contribution >= 0.6 is 0 Å². The lowest BCUT2D eigenvalue weighted by Gasteiger charge is -2.26. The van der Waals surface area contributed by atoms with Gasteiger partial charge < -0.3 is 9.88 Å². The van der Waals surface area contributed by atoms with Crippen molar-refractivity contribution >= 4 is 17.1 Å². The maximum Gasteiger partial charge on any atom is 0.330 e. The van der Waals surface area contributed by atoms with E-state index in [0.29, 0.717) is 55.5 Å². The zero-order chi connectivity index (χ0) is 24.5. The van der Waals surface area contributed by atoms with Crippen LogP contribution in [0.2, 0.25) is 0 Å².